The number of carbonyl (C=O) groups is 2. The molecule has 3 heteroatoms. The van der Waals surface area contributed by atoms with E-state index in [-0.39, 0.29) is 29.1 Å². The van der Waals surface area contributed by atoms with Gasteiger partial charge in [-0.2, -0.15) is 0 Å². The Morgan fingerprint density at radius 2 is 1.57 bits per heavy atom. The predicted molar refractivity (Wildman–Crippen MR) is 78.4 cm³/mol. The molecule has 3 nitrogen and oxygen atoms in total. The number of rotatable bonds is 1. The number of nitrogens with zero attached hydrogens (tertiary/aromatic N) is 1. The molecule has 2 amide bonds. The van der Waals surface area contributed by atoms with E-state index in [0.717, 1.165) is 11.3 Å². The second-order valence-corrected chi connectivity index (χ2v) is 7.02. The van der Waals surface area contributed by atoms with Crippen LogP contribution in [0, 0.1) is 36.0 Å². The minimum atomic E-state index is -0.102. The third kappa shape index (κ3) is 1.18. The quantitative estimate of drug-likeness (QED) is 0.585. The van der Waals surface area contributed by atoms with Crippen molar-refractivity contribution in [2.45, 2.75) is 19.8 Å². The number of amides is 2. The van der Waals surface area contributed by atoms with Crippen molar-refractivity contribution < 1.29 is 9.59 Å². The Labute approximate surface area is 123 Å². The molecule has 2 saturated carbocycles. The number of imide groups is 1. The molecule has 4 atom stereocenters. The fourth-order valence-corrected chi connectivity index (χ4v) is 5.13. The number of fused-ring (bicyclic) bond motifs is 3. The molecule has 1 saturated heterocycles. The lowest BCUT2D eigenvalue weighted by Gasteiger charge is -2.22. The van der Waals surface area contributed by atoms with E-state index >= 15 is 0 Å². The Kier molecular flexibility index (Phi) is 1.93. The molecule has 1 aromatic carbocycles. The van der Waals surface area contributed by atoms with Gasteiger partial charge in [0.15, 0.2) is 0 Å². The van der Waals surface area contributed by atoms with Crippen LogP contribution in [-0.2, 0) is 9.59 Å². The maximum Gasteiger partial charge on any atom is 0.238 e. The summed E-state index contributed by atoms with van der Waals surface area (Å²) in [7, 11) is 0. The lowest BCUT2D eigenvalue weighted by Crippen LogP contribution is -2.35. The topological polar surface area (TPSA) is 37.4 Å². The monoisotopic (exact) mass is 279 g/mol. The van der Waals surface area contributed by atoms with Crippen LogP contribution in [-0.4, -0.2) is 11.8 Å². The van der Waals surface area contributed by atoms with Gasteiger partial charge in [0.05, 0.1) is 17.5 Å². The third-order valence-electron chi connectivity index (χ3n) is 6.21. The molecule has 3 aliphatic carbocycles. The number of para-hydroxylation sites is 1. The molecule has 1 aromatic rings. The minimum absolute atomic E-state index is 0.0300. The van der Waals surface area contributed by atoms with E-state index in [0.29, 0.717) is 11.8 Å². The average molecular weight is 279 g/mol. The fourth-order valence-electron chi connectivity index (χ4n) is 5.13. The zero-order valence-corrected chi connectivity index (χ0v) is 12.0. The van der Waals surface area contributed by atoms with Crippen molar-refractivity contribution in [2.75, 3.05) is 4.90 Å². The predicted octanol–water partition coefficient (Wildman–Crippen LogP) is 2.70. The highest BCUT2D eigenvalue weighted by Gasteiger charge is 2.73. The summed E-state index contributed by atoms with van der Waals surface area (Å²) in [6, 6.07) is 7.68. The molecule has 3 fully saturated rings. The zero-order chi connectivity index (χ0) is 14.4. The minimum Gasteiger partial charge on any atom is -0.274 e. The van der Waals surface area contributed by atoms with Crippen molar-refractivity contribution >= 4 is 17.5 Å². The van der Waals surface area contributed by atoms with E-state index in [1.54, 1.807) is 0 Å². The van der Waals surface area contributed by atoms with Crippen LogP contribution >= 0.6 is 0 Å². The number of aryl methyl sites for hydroxylation is 1. The second-order valence-electron chi connectivity index (χ2n) is 7.02. The van der Waals surface area contributed by atoms with Gasteiger partial charge in [-0.3, -0.25) is 9.59 Å². The molecule has 1 heterocycles. The molecular weight excluding hydrogens is 262 g/mol. The van der Waals surface area contributed by atoms with E-state index < -0.39 is 0 Å². The van der Waals surface area contributed by atoms with Gasteiger partial charge in [0.2, 0.25) is 11.8 Å². The number of hydrogen-bond donors (Lipinski definition) is 0. The highest BCUT2D eigenvalue weighted by atomic mass is 16.2. The van der Waals surface area contributed by atoms with Crippen molar-refractivity contribution in [1.82, 2.24) is 0 Å². The lowest BCUT2D eigenvalue weighted by atomic mass is 9.85. The number of allylic oxidation sites excluding steroid dienone is 2. The Morgan fingerprint density at radius 3 is 2.10 bits per heavy atom. The highest BCUT2D eigenvalue weighted by Crippen LogP contribution is 2.73. The van der Waals surface area contributed by atoms with Gasteiger partial charge < -0.3 is 0 Å². The van der Waals surface area contributed by atoms with Crippen molar-refractivity contribution in [1.29, 1.82) is 0 Å². The fraction of sp³-hybridized carbons (Fsp3) is 0.444. The maximum atomic E-state index is 12.9. The first-order valence-electron chi connectivity index (χ1n) is 7.77. The molecule has 5 rings (SSSR count). The smallest absolute Gasteiger partial charge is 0.238 e. The SMILES string of the molecule is Cc1ccccc1N1C(=O)[C@@H]2[C@@H](C1=O)[C@H]1C=C[C@H]2C12CC2. The Morgan fingerprint density at radius 1 is 1.00 bits per heavy atom. The number of hydrogen-bond acceptors (Lipinski definition) is 2. The molecule has 21 heavy (non-hydrogen) atoms. The van der Waals surface area contributed by atoms with Gasteiger partial charge in [0.25, 0.3) is 0 Å². The maximum absolute atomic E-state index is 12.9. The average Bonchev–Trinajstić information content (AvgIpc) is 3.07. The number of anilines is 1. The summed E-state index contributed by atoms with van der Waals surface area (Å²) in [4.78, 5) is 27.3. The summed E-state index contributed by atoms with van der Waals surface area (Å²) in [5.41, 5.74) is 2.03. The van der Waals surface area contributed by atoms with E-state index in [1.807, 2.05) is 31.2 Å². The first-order valence-corrected chi connectivity index (χ1v) is 7.77. The van der Waals surface area contributed by atoms with Gasteiger partial charge in [-0.15, -0.1) is 0 Å². The molecule has 1 spiro atoms. The normalized spacial score (nSPS) is 37.7. The first kappa shape index (κ1) is 11.7. The van der Waals surface area contributed by atoms with Crippen LogP contribution in [0.2, 0.25) is 0 Å². The van der Waals surface area contributed by atoms with Gasteiger partial charge in [-0.25, -0.2) is 4.90 Å². The highest BCUT2D eigenvalue weighted by molar-refractivity contribution is 6.23. The van der Waals surface area contributed by atoms with E-state index in [2.05, 4.69) is 12.2 Å². The van der Waals surface area contributed by atoms with Crippen LogP contribution in [0.5, 0.6) is 0 Å². The van der Waals surface area contributed by atoms with Gasteiger partial charge in [0.1, 0.15) is 0 Å². The van der Waals surface area contributed by atoms with Gasteiger partial charge >= 0.3 is 0 Å². The molecule has 0 N–H and O–H groups in total. The Bertz CT molecular complexity index is 682. The van der Waals surface area contributed by atoms with E-state index in [9.17, 15) is 9.59 Å². The van der Waals surface area contributed by atoms with E-state index in [4.69, 9.17) is 0 Å². The number of benzene rings is 1. The molecular formula is C18H17NO2. The summed E-state index contributed by atoms with van der Waals surface area (Å²) in [5.74, 6) is 0.463. The standard InChI is InChI=1S/C18H17NO2/c1-10-4-2-3-5-13(10)19-16(20)14-11-6-7-12(15(14)17(19)21)18(11)8-9-18/h2-7,11-12,14-15H,8-9H2,1H3/t11-,12-,14+,15+/m1/s1. The molecule has 0 radical (unpaired) electrons. The first-order chi connectivity index (χ1) is 10.1. The molecule has 106 valence electrons. The summed E-state index contributed by atoms with van der Waals surface area (Å²) >= 11 is 0. The van der Waals surface area contributed by atoms with Crippen LogP contribution in [0.3, 0.4) is 0 Å². The zero-order valence-electron chi connectivity index (χ0n) is 12.0. The van der Waals surface area contributed by atoms with Crippen molar-refractivity contribution in [3.8, 4) is 0 Å². The largest absolute Gasteiger partial charge is 0.274 e. The summed E-state index contributed by atoms with van der Waals surface area (Å²) in [6.07, 6.45) is 6.80. The van der Waals surface area contributed by atoms with Crippen molar-refractivity contribution in [2.24, 2.45) is 29.1 Å². The van der Waals surface area contributed by atoms with E-state index in [1.165, 1.54) is 17.7 Å². The summed E-state index contributed by atoms with van der Waals surface area (Å²) in [5, 5.41) is 0. The molecule has 1 aliphatic heterocycles. The van der Waals surface area contributed by atoms with Gasteiger partial charge in [-0.05, 0) is 48.6 Å². The van der Waals surface area contributed by atoms with Gasteiger partial charge in [-0.1, -0.05) is 30.4 Å². The molecule has 0 unspecified atom stereocenters. The van der Waals surface area contributed by atoms with Crippen molar-refractivity contribution in [3.63, 3.8) is 0 Å². The molecule has 2 bridgehead atoms. The second kappa shape index (κ2) is 3.46. The Balaban J connectivity index is 1.61. The summed E-state index contributed by atoms with van der Waals surface area (Å²) < 4.78 is 0. The van der Waals surface area contributed by atoms with Crippen LogP contribution in [0.1, 0.15) is 18.4 Å². The molecule has 4 aliphatic rings. The van der Waals surface area contributed by atoms with Crippen LogP contribution in [0.25, 0.3) is 0 Å². The molecule has 0 aromatic heterocycles. The van der Waals surface area contributed by atoms with Gasteiger partial charge in [0, 0.05) is 0 Å². The third-order valence-corrected chi connectivity index (χ3v) is 6.21. The van der Waals surface area contributed by atoms with Crippen LogP contribution < -0.4 is 4.90 Å². The van der Waals surface area contributed by atoms with Crippen molar-refractivity contribution in [3.05, 3.63) is 42.0 Å². The lowest BCUT2D eigenvalue weighted by molar-refractivity contribution is -0.123. The number of carbonyl (C=O) groups excluding carboxylic acids is 2. The summed E-state index contributed by atoms with van der Waals surface area (Å²) in [6.45, 7) is 1.96. The van der Waals surface area contributed by atoms with Crippen LogP contribution in [0.15, 0.2) is 36.4 Å². The van der Waals surface area contributed by atoms with Crippen LogP contribution in [0.4, 0.5) is 5.69 Å². The Hall–Kier alpha value is -1.90.